The number of nitrogens with two attached hydrogens (primary N) is 1. The van der Waals surface area contributed by atoms with Crippen LogP contribution in [-0.4, -0.2) is 30.7 Å². The van der Waals surface area contributed by atoms with Crippen LogP contribution in [0.5, 0.6) is 0 Å². The predicted molar refractivity (Wildman–Crippen MR) is 123 cm³/mol. The van der Waals surface area contributed by atoms with Crippen molar-refractivity contribution in [2.24, 2.45) is 9.50 Å². The molecule has 1 heterocycles. The highest BCUT2D eigenvalue weighted by atomic mass is 32.2. The fourth-order valence-electron chi connectivity index (χ4n) is 3.79. The Morgan fingerprint density at radius 3 is 2.58 bits per heavy atom. The number of halogens is 1. The molecule has 33 heavy (non-hydrogen) atoms. The lowest BCUT2D eigenvalue weighted by molar-refractivity contribution is 0.0779. The number of aliphatic hydroxyl groups is 3. The van der Waals surface area contributed by atoms with Crippen molar-refractivity contribution in [3.05, 3.63) is 44.8 Å². The highest BCUT2D eigenvalue weighted by molar-refractivity contribution is 7.93. The van der Waals surface area contributed by atoms with Gasteiger partial charge >= 0.3 is 0 Å². The Hall–Kier alpha value is -1.94. The van der Waals surface area contributed by atoms with E-state index in [1.54, 1.807) is 13.8 Å². The third kappa shape index (κ3) is 5.42. The third-order valence-corrected chi connectivity index (χ3v) is 8.92. The Morgan fingerprint density at radius 1 is 1.45 bits per heavy atom. The fraction of sp³-hybridized carbons (Fsp3) is 0.545. The first kappa shape index (κ1) is 25.7. The molecule has 0 bridgehead atoms. The van der Waals surface area contributed by atoms with Gasteiger partial charge < -0.3 is 15.3 Å². The number of aliphatic hydroxyl groups excluding tert-OH is 2. The predicted octanol–water partition coefficient (Wildman–Crippen LogP) is 3.14. The van der Waals surface area contributed by atoms with Gasteiger partial charge in [-0.2, -0.15) is 9.62 Å². The van der Waals surface area contributed by atoms with Crippen LogP contribution in [0.4, 0.5) is 4.39 Å². The van der Waals surface area contributed by atoms with Crippen LogP contribution in [-0.2, 0) is 28.5 Å². The zero-order valence-corrected chi connectivity index (χ0v) is 20.6. The van der Waals surface area contributed by atoms with E-state index in [-0.39, 0.29) is 38.7 Å². The summed E-state index contributed by atoms with van der Waals surface area (Å²) in [6, 6.07) is 3.44. The van der Waals surface area contributed by atoms with Gasteiger partial charge in [-0.3, -0.25) is 0 Å². The van der Waals surface area contributed by atoms with Gasteiger partial charge in [0.05, 0.1) is 17.9 Å². The molecule has 2 unspecified atom stereocenters. The van der Waals surface area contributed by atoms with Crippen molar-refractivity contribution in [2.45, 2.75) is 81.4 Å². The number of aromatic nitrogens is 1. The third-order valence-electron chi connectivity index (χ3n) is 5.43. The number of thiazole rings is 1. The summed E-state index contributed by atoms with van der Waals surface area (Å²) >= 11 is 0.857. The number of rotatable bonds is 8. The molecule has 8 nitrogen and oxygen atoms in total. The van der Waals surface area contributed by atoms with Crippen molar-refractivity contribution in [2.75, 3.05) is 0 Å². The molecule has 0 aliphatic heterocycles. The quantitative estimate of drug-likeness (QED) is 0.440. The standard InChI is InChI=1S/C22H29FN4O4S2/c1-11(2)18-15(14(12-5-6-12)7-13(9-24)19(18)23)8-17(29)27-33(25,31)20-16(10-28)26-21(32-20)22(3,4)30/h7,11-12,17,28-30H,5-6,8,10H2,1-4H3,(H2,25,27,31). The second-order valence-corrected chi connectivity index (χ2v) is 12.1. The lowest BCUT2D eigenvalue weighted by Gasteiger charge is -2.20. The van der Waals surface area contributed by atoms with Crippen molar-refractivity contribution in [3.63, 3.8) is 0 Å². The van der Waals surface area contributed by atoms with Gasteiger partial charge in [-0.05, 0) is 61.3 Å². The van der Waals surface area contributed by atoms with Gasteiger partial charge in [0.25, 0.3) is 0 Å². The Morgan fingerprint density at radius 2 is 2.09 bits per heavy atom. The van der Waals surface area contributed by atoms with Crippen molar-refractivity contribution in [3.8, 4) is 6.07 Å². The zero-order chi connectivity index (χ0) is 24.7. The molecule has 1 aromatic carbocycles. The molecule has 1 aromatic heterocycles. The lowest BCUT2D eigenvalue weighted by Crippen LogP contribution is -2.20. The Kier molecular flexibility index (Phi) is 7.29. The van der Waals surface area contributed by atoms with Crippen LogP contribution in [0.2, 0.25) is 0 Å². The van der Waals surface area contributed by atoms with Crippen molar-refractivity contribution >= 4 is 21.3 Å². The minimum Gasteiger partial charge on any atom is -0.390 e. The molecule has 1 fully saturated rings. The number of nitriles is 1. The van der Waals surface area contributed by atoms with Crippen molar-refractivity contribution < 1.29 is 23.9 Å². The summed E-state index contributed by atoms with van der Waals surface area (Å²) in [6.07, 6.45) is 0.163. The minimum absolute atomic E-state index is 0.0199. The van der Waals surface area contributed by atoms with Crippen LogP contribution < -0.4 is 5.14 Å². The van der Waals surface area contributed by atoms with E-state index < -0.39 is 34.2 Å². The van der Waals surface area contributed by atoms with Crippen LogP contribution in [0.25, 0.3) is 0 Å². The van der Waals surface area contributed by atoms with Crippen LogP contribution in [0.3, 0.4) is 0 Å². The second-order valence-electron chi connectivity index (χ2n) is 9.09. The van der Waals surface area contributed by atoms with E-state index in [1.807, 2.05) is 6.07 Å². The largest absolute Gasteiger partial charge is 0.390 e. The summed E-state index contributed by atoms with van der Waals surface area (Å²) in [5, 5.41) is 46.1. The first-order valence-electron chi connectivity index (χ1n) is 10.6. The average molecular weight is 497 g/mol. The molecule has 2 aromatic rings. The van der Waals surface area contributed by atoms with Crippen LogP contribution in [0.1, 0.15) is 85.3 Å². The Bertz CT molecular complexity index is 1220. The van der Waals surface area contributed by atoms with Gasteiger partial charge in [-0.1, -0.05) is 13.8 Å². The Balaban J connectivity index is 2.06. The molecule has 1 saturated carbocycles. The minimum atomic E-state index is -3.67. The lowest BCUT2D eigenvalue weighted by atomic mass is 9.86. The highest BCUT2D eigenvalue weighted by Crippen LogP contribution is 2.45. The molecule has 180 valence electrons. The maximum atomic E-state index is 15.0. The topological polar surface area (TPSA) is 153 Å². The molecule has 0 saturated heterocycles. The van der Waals surface area contributed by atoms with Gasteiger partial charge in [0.2, 0.25) is 0 Å². The van der Waals surface area contributed by atoms with Gasteiger partial charge in [0.15, 0.2) is 6.23 Å². The first-order valence-corrected chi connectivity index (χ1v) is 13.0. The molecule has 0 radical (unpaired) electrons. The van der Waals surface area contributed by atoms with Crippen LogP contribution in [0, 0.1) is 17.1 Å². The van der Waals surface area contributed by atoms with Crippen LogP contribution >= 0.6 is 11.3 Å². The molecule has 1 aliphatic carbocycles. The SMILES string of the molecule is CC(C)c1c(F)c(C#N)cc(C2CC2)c1CC(O)N=S(N)(=O)c1sc(C(C)(C)O)nc1CO. The van der Waals surface area contributed by atoms with E-state index in [0.29, 0.717) is 11.1 Å². The Labute approximate surface area is 197 Å². The number of hydrogen-bond acceptors (Lipinski definition) is 8. The van der Waals surface area contributed by atoms with Gasteiger partial charge in [-0.15, -0.1) is 11.3 Å². The second kappa shape index (κ2) is 9.37. The van der Waals surface area contributed by atoms with Crippen LogP contribution in [0.15, 0.2) is 14.6 Å². The summed E-state index contributed by atoms with van der Waals surface area (Å²) in [5.74, 6) is -0.694. The number of benzene rings is 1. The van der Waals surface area contributed by atoms with Crippen molar-refractivity contribution in [1.82, 2.24) is 4.98 Å². The molecule has 0 spiro atoms. The van der Waals surface area contributed by atoms with E-state index >= 15 is 4.39 Å². The summed E-state index contributed by atoms with van der Waals surface area (Å²) < 4.78 is 32.2. The summed E-state index contributed by atoms with van der Waals surface area (Å²) in [5.41, 5.74) is 0.340. The maximum Gasteiger partial charge on any atom is 0.159 e. The fourth-order valence-corrected chi connectivity index (χ4v) is 6.42. The number of nitrogens with zero attached hydrogens (tertiary/aromatic N) is 3. The van der Waals surface area contributed by atoms with Crippen molar-refractivity contribution in [1.29, 1.82) is 5.26 Å². The number of hydrogen-bond donors (Lipinski definition) is 4. The molecule has 3 rings (SSSR count). The monoisotopic (exact) mass is 496 g/mol. The normalized spacial score (nSPS) is 17.0. The van der Waals surface area contributed by atoms with Gasteiger partial charge in [-0.25, -0.2) is 18.7 Å². The van der Waals surface area contributed by atoms with E-state index in [0.717, 1.165) is 29.7 Å². The molecule has 2 atom stereocenters. The maximum absolute atomic E-state index is 15.0. The smallest absolute Gasteiger partial charge is 0.159 e. The van der Waals surface area contributed by atoms with E-state index in [4.69, 9.17) is 5.14 Å². The summed E-state index contributed by atoms with van der Waals surface area (Å²) in [4.78, 5) is 4.11. The molecule has 1 aliphatic rings. The first-order chi connectivity index (χ1) is 15.3. The highest BCUT2D eigenvalue weighted by Gasteiger charge is 2.32. The van der Waals surface area contributed by atoms with Gasteiger partial charge in [0.1, 0.15) is 36.6 Å². The summed E-state index contributed by atoms with van der Waals surface area (Å²) in [6.45, 7) is 6.03. The zero-order valence-electron chi connectivity index (χ0n) is 19.0. The molecule has 5 N–H and O–H groups in total. The average Bonchev–Trinajstić information content (AvgIpc) is 3.42. The molecule has 0 amide bonds. The van der Waals surface area contributed by atoms with E-state index in [1.165, 1.54) is 19.9 Å². The van der Waals surface area contributed by atoms with Gasteiger partial charge in [0, 0.05) is 6.42 Å². The molecule has 11 heteroatoms. The summed E-state index contributed by atoms with van der Waals surface area (Å²) in [7, 11) is -3.67. The molecular formula is C22H29FN4O4S2. The van der Waals surface area contributed by atoms with E-state index in [2.05, 4.69) is 9.35 Å². The molecular weight excluding hydrogens is 467 g/mol. The van der Waals surface area contributed by atoms with E-state index in [9.17, 15) is 24.8 Å².